The molecule has 0 radical (unpaired) electrons. The number of fused-ring (bicyclic) bond motifs is 1. The van der Waals surface area contributed by atoms with Gasteiger partial charge >= 0.3 is 6.09 Å². The van der Waals surface area contributed by atoms with E-state index in [1.807, 2.05) is 20.8 Å². The first kappa shape index (κ1) is 14.4. The Morgan fingerprint density at radius 2 is 1.90 bits per heavy atom. The van der Waals surface area contributed by atoms with Crippen molar-refractivity contribution in [1.82, 2.24) is 4.90 Å². The van der Waals surface area contributed by atoms with Crippen molar-refractivity contribution < 1.29 is 14.6 Å². The van der Waals surface area contributed by atoms with Crippen LogP contribution in [0.5, 0.6) is 0 Å². The van der Waals surface area contributed by atoms with Crippen LogP contribution in [0, 0.1) is 5.41 Å². The van der Waals surface area contributed by atoms with Crippen LogP contribution in [0.3, 0.4) is 0 Å². The summed E-state index contributed by atoms with van der Waals surface area (Å²) in [6, 6.07) is 8.26. The van der Waals surface area contributed by atoms with Crippen LogP contribution in [0.2, 0.25) is 0 Å². The molecule has 1 aliphatic heterocycles. The predicted octanol–water partition coefficient (Wildman–Crippen LogP) is 2.38. The van der Waals surface area contributed by atoms with Crippen molar-refractivity contribution in [2.45, 2.75) is 45.3 Å². The molecule has 1 aromatic rings. The summed E-state index contributed by atoms with van der Waals surface area (Å²) < 4.78 is 5.43. The van der Waals surface area contributed by atoms with Crippen molar-refractivity contribution in [1.29, 1.82) is 0 Å². The van der Waals surface area contributed by atoms with Crippen LogP contribution in [0.4, 0.5) is 4.79 Å². The molecular weight excluding hydrogens is 266 g/mol. The highest BCUT2D eigenvalue weighted by Crippen LogP contribution is 2.48. The number of aliphatic hydroxyl groups excluding tert-OH is 1. The number of carbonyl (C=O) groups excluding carboxylic acids is 1. The van der Waals surface area contributed by atoms with Crippen LogP contribution in [0.15, 0.2) is 24.3 Å². The van der Waals surface area contributed by atoms with Crippen LogP contribution < -0.4 is 0 Å². The molecule has 0 saturated carbocycles. The molecule has 0 aromatic heterocycles. The Morgan fingerprint density at radius 3 is 2.38 bits per heavy atom. The molecule has 1 aliphatic carbocycles. The maximum atomic E-state index is 12.2. The molecule has 114 valence electrons. The standard InChI is InChI=1S/C17H23NO3/c1-16(2,3)21-15(20)18-11-17(14(18)10-19)8-12-6-4-5-7-13(12)9-17/h4-7,14,19H,8-11H2,1-3H3. The molecule has 1 unspecified atom stereocenters. The average Bonchev–Trinajstić information content (AvgIpc) is 2.75. The second-order valence-electron chi connectivity index (χ2n) is 7.29. The molecule has 21 heavy (non-hydrogen) atoms. The van der Waals surface area contributed by atoms with Crippen LogP contribution in [-0.4, -0.2) is 40.9 Å². The number of hydrogen-bond donors (Lipinski definition) is 1. The fraction of sp³-hybridized carbons (Fsp3) is 0.588. The fourth-order valence-corrected chi connectivity index (χ4v) is 3.65. The lowest BCUT2D eigenvalue weighted by atomic mass is 9.69. The summed E-state index contributed by atoms with van der Waals surface area (Å²) >= 11 is 0. The molecule has 1 amide bonds. The number of carbonyl (C=O) groups is 1. The van der Waals surface area contributed by atoms with Gasteiger partial charge in [0.05, 0.1) is 12.6 Å². The normalized spacial score (nSPS) is 22.9. The van der Waals surface area contributed by atoms with E-state index in [-0.39, 0.29) is 24.2 Å². The number of benzene rings is 1. The van der Waals surface area contributed by atoms with Gasteiger partial charge in [0.1, 0.15) is 5.60 Å². The van der Waals surface area contributed by atoms with Gasteiger partial charge in [-0.1, -0.05) is 24.3 Å². The van der Waals surface area contributed by atoms with Crippen molar-refractivity contribution in [2.75, 3.05) is 13.2 Å². The van der Waals surface area contributed by atoms with Gasteiger partial charge in [-0.15, -0.1) is 0 Å². The van der Waals surface area contributed by atoms with Gasteiger partial charge < -0.3 is 14.7 Å². The van der Waals surface area contributed by atoms with E-state index in [1.54, 1.807) is 4.90 Å². The third kappa shape index (κ3) is 2.42. The zero-order valence-electron chi connectivity index (χ0n) is 12.9. The number of amides is 1. The van der Waals surface area contributed by atoms with Crippen LogP contribution in [-0.2, 0) is 17.6 Å². The molecule has 1 N–H and O–H groups in total. The minimum absolute atomic E-state index is 0.00462. The lowest BCUT2D eigenvalue weighted by Crippen LogP contribution is -2.68. The molecule has 2 aliphatic rings. The Morgan fingerprint density at radius 1 is 1.33 bits per heavy atom. The number of rotatable bonds is 1. The van der Waals surface area contributed by atoms with E-state index < -0.39 is 5.60 Å². The quantitative estimate of drug-likeness (QED) is 0.863. The second-order valence-corrected chi connectivity index (χ2v) is 7.29. The Hall–Kier alpha value is -1.55. The molecular formula is C17H23NO3. The van der Waals surface area contributed by atoms with E-state index in [0.717, 1.165) is 12.8 Å². The highest BCUT2D eigenvalue weighted by molar-refractivity contribution is 5.70. The lowest BCUT2D eigenvalue weighted by molar-refractivity contribution is -0.0938. The molecule has 4 nitrogen and oxygen atoms in total. The smallest absolute Gasteiger partial charge is 0.410 e. The highest BCUT2D eigenvalue weighted by atomic mass is 16.6. The van der Waals surface area contributed by atoms with E-state index in [9.17, 15) is 9.90 Å². The number of ether oxygens (including phenoxy) is 1. The zero-order chi connectivity index (χ0) is 15.3. The fourth-order valence-electron chi connectivity index (χ4n) is 3.65. The van der Waals surface area contributed by atoms with Crippen molar-refractivity contribution in [3.8, 4) is 0 Å². The third-order valence-corrected chi connectivity index (χ3v) is 4.57. The molecule has 1 atom stereocenters. The van der Waals surface area contributed by atoms with Gasteiger partial charge in [-0.05, 0) is 44.7 Å². The monoisotopic (exact) mass is 289 g/mol. The van der Waals surface area contributed by atoms with Gasteiger partial charge in [-0.2, -0.15) is 0 Å². The maximum Gasteiger partial charge on any atom is 0.410 e. The summed E-state index contributed by atoms with van der Waals surface area (Å²) in [7, 11) is 0. The van der Waals surface area contributed by atoms with E-state index in [1.165, 1.54) is 11.1 Å². The van der Waals surface area contributed by atoms with E-state index in [0.29, 0.717) is 6.54 Å². The van der Waals surface area contributed by atoms with E-state index in [2.05, 4.69) is 24.3 Å². The first-order valence-corrected chi connectivity index (χ1v) is 7.52. The Labute approximate surface area is 125 Å². The minimum atomic E-state index is -0.502. The first-order chi connectivity index (χ1) is 9.85. The molecule has 4 heteroatoms. The molecule has 1 fully saturated rings. The van der Waals surface area contributed by atoms with Crippen LogP contribution >= 0.6 is 0 Å². The molecule has 1 saturated heterocycles. The van der Waals surface area contributed by atoms with Gasteiger partial charge in [0.2, 0.25) is 0 Å². The zero-order valence-corrected chi connectivity index (χ0v) is 12.9. The van der Waals surface area contributed by atoms with Crippen molar-refractivity contribution >= 4 is 6.09 Å². The maximum absolute atomic E-state index is 12.2. The summed E-state index contributed by atoms with van der Waals surface area (Å²) in [6.07, 6.45) is 1.56. The average molecular weight is 289 g/mol. The summed E-state index contributed by atoms with van der Waals surface area (Å²) in [5.41, 5.74) is 2.19. The van der Waals surface area contributed by atoms with E-state index in [4.69, 9.17) is 4.74 Å². The van der Waals surface area contributed by atoms with Gasteiger partial charge in [0, 0.05) is 12.0 Å². The second kappa shape index (κ2) is 4.73. The molecule has 0 bridgehead atoms. The number of likely N-dealkylation sites (tertiary alicyclic amines) is 1. The molecule has 3 rings (SSSR count). The van der Waals surface area contributed by atoms with Gasteiger partial charge in [0.15, 0.2) is 0 Å². The summed E-state index contributed by atoms with van der Waals surface area (Å²) in [5.74, 6) is 0. The van der Waals surface area contributed by atoms with Crippen molar-refractivity contribution in [3.05, 3.63) is 35.4 Å². The highest BCUT2D eigenvalue weighted by Gasteiger charge is 2.57. The number of nitrogens with zero attached hydrogens (tertiary/aromatic N) is 1. The summed E-state index contributed by atoms with van der Waals surface area (Å²) in [6.45, 7) is 6.24. The van der Waals surface area contributed by atoms with Crippen molar-refractivity contribution in [3.63, 3.8) is 0 Å². The number of aliphatic hydroxyl groups is 1. The van der Waals surface area contributed by atoms with Gasteiger partial charge in [-0.3, -0.25) is 0 Å². The summed E-state index contributed by atoms with van der Waals surface area (Å²) in [4.78, 5) is 13.9. The Bertz CT molecular complexity index is 536. The molecule has 1 heterocycles. The van der Waals surface area contributed by atoms with Crippen LogP contribution in [0.1, 0.15) is 31.9 Å². The Balaban J connectivity index is 1.74. The van der Waals surface area contributed by atoms with Crippen molar-refractivity contribution in [2.24, 2.45) is 5.41 Å². The van der Waals surface area contributed by atoms with Gasteiger partial charge in [-0.25, -0.2) is 4.79 Å². The molecule has 1 spiro atoms. The summed E-state index contributed by atoms with van der Waals surface area (Å²) in [5, 5.41) is 9.76. The molecule has 1 aromatic carbocycles. The van der Waals surface area contributed by atoms with Gasteiger partial charge in [0.25, 0.3) is 0 Å². The third-order valence-electron chi connectivity index (χ3n) is 4.57. The predicted molar refractivity (Wildman–Crippen MR) is 80.1 cm³/mol. The minimum Gasteiger partial charge on any atom is -0.444 e. The number of hydrogen-bond acceptors (Lipinski definition) is 3. The van der Waals surface area contributed by atoms with E-state index >= 15 is 0 Å². The topological polar surface area (TPSA) is 49.8 Å². The lowest BCUT2D eigenvalue weighted by Gasteiger charge is -2.55. The van der Waals surface area contributed by atoms with Crippen LogP contribution in [0.25, 0.3) is 0 Å². The Kier molecular flexibility index (Phi) is 3.24. The SMILES string of the molecule is CC(C)(C)OC(=O)N1CC2(Cc3ccccc3C2)C1CO. The first-order valence-electron chi connectivity index (χ1n) is 7.52. The largest absolute Gasteiger partial charge is 0.444 e.